The zero-order valence-corrected chi connectivity index (χ0v) is 15.2. The Morgan fingerprint density at radius 3 is 2.58 bits per heavy atom. The quantitative estimate of drug-likeness (QED) is 0.770. The van der Waals surface area contributed by atoms with Crippen LogP contribution in [0.5, 0.6) is 0 Å². The lowest BCUT2D eigenvalue weighted by Gasteiger charge is -2.31. The van der Waals surface area contributed by atoms with Gasteiger partial charge in [0.15, 0.2) is 0 Å². The first-order valence-electron chi connectivity index (χ1n) is 9.45. The Labute approximate surface area is 146 Å². The summed E-state index contributed by atoms with van der Waals surface area (Å²) < 4.78 is 0. The minimum Gasteiger partial charge on any atom is -0.354 e. The molecule has 2 rings (SSSR count). The zero-order chi connectivity index (χ0) is 17.4. The van der Waals surface area contributed by atoms with Crippen LogP contribution >= 0.6 is 0 Å². The molecule has 3 N–H and O–H groups in total. The number of nitrogens with two attached hydrogens (primary N) is 1. The maximum absolute atomic E-state index is 12.5. The Bertz CT molecular complexity index is 487. The molecule has 0 saturated heterocycles. The van der Waals surface area contributed by atoms with Crippen molar-refractivity contribution in [3.05, 3.63) is 35.9 Å². The van der Waals surface area contributed by atoms with Crippen molar-refractivity contribution in [2.75, 3.05) is 19.6 Å². The molecule has 0 heterocycles. The Kier molecular flexibility index (Phi) is 7.73. The number of nitrogens with one attached hydrogen (secondary N) is 1. The molecule has 24 heavy (non-hydrogen) atoms. The largest absolute Gasteiger partial charge is 0.354 e. The Balaban J connectivity index is 1.93. The number of hydrogen-bond donors (Lipinski definition) is 2. The van der Waals surface area contributed by atoms with Crippen molar-refractivity contribution in [2.24, 2.45) is 11.7 Å². The standard InChI is InChI=1S/C20H33N3O/c1-3-23(4-2)19(13-16-9-6-5-7-10-16)15-22-20(24)17-11-8-12-18(21)14-17/h5-7,9-10,17-19H,3-4,8,11-15,21H2,1-2H3,(H,22,24). The normalized spacial score (nSPS) is 22.3. The third-order valence-corrected chi connectivity index (χ3v) is 5.24. The van der Waals surface area contributed by atoms with Crippen LogP contribution in [0.2, 0.25) is 0 Å². The summed E-state index contributed by atoms with van der Waals surface area (Å²) in [4.78, 5) is 14.9. The average molecular weight is 332 g/mol. The number of hydrogen-bond acceptors (Lipinski definition) is 3. The summed E-state index contributed by atoms with van der Waals surface area (Å²) in [6.45, 7) is 7.07. The molecule has 0 radical (unpaired) electrons. The predicted octanol–water partition coefficient (Wildman–Crippen LogP) is 2.57. The first-order chi connectivity index (χ1) is 11.6. The zero-order valence-electron chi connectivity index (χ0n) is 15.2. The topological polar surface area (TPSA) is 58.4 Å². The van der Waals surface area contributed by atoms with Gasteiger partial charge in [0.25, 0.3) is 0 Å². The number of carbonyl (C=O) groups excluding carboxylic acids is 1. The fourth-order valence-electron chi connectivity index (χ4n) is 3.79. The Morgan fingerprint density at radius 2 is 1.96 bits per heavy atom. The van der Waals surface area contributed by atoms with Crippen molar-refractivity contribution >= 4 is 5.91 Å². The van der Waals surface area contributed by atoms with E-state index in [1.165, 1.54) is 5.56 Å². The number of benzene rings is 1. The van der Waals surface area contributed by atoms with Gasteiger partial charge >= 0.3 is 0 Å². The van der Waals surface area contributed by atoms with Crippen molar-refractivity contribution in [3.8, 4) is 0 Å². The number of likely N-dealkylation sites (N-methyl/N-ethyl adjacent to an activating group) is 1. The van der Waals surface area contributed by atoms with Gasteiger partial charge in [-0.2, -0.15) is 0 Å². The molecule has 1 aliphatic rings. The van der Waals surface area contributed by atoms with E-state index in [0.717, 1.165) is 45.2 Å². The summed E-state index contributed by atoms with van der Waals surface area (Å²) in [5.41, 5.74) is 7.35. The van der Waals surface area contributed by atoms with Crippen LogP contribution in [0.25, 0.3) is 0 Å². The van der Waals surface area contributed by atoms with Crippen LogP contribution < -0.4 is 11.1 Å². The monoisotopic (exact) mass is 331 g/mol. The molecule has 0 aromatic heterocycles. The summed E-state index contributed by atoms with van der Waals surface area (Å²) in [5, 5.41) is 3.21. The van der Waals surface area contributed by atoms with E-state index in [9.17, 15) is 4.79 Å². The first-order valence-corrected chi connectivity index (χ1v) is 9.45. The molecule has 1 aromatic carbocycles. The SMILES string of the molecule is CCN(CC)C(CNC(=O)C1CCCC(N)C1)Cc1ccccc1. The van der Waals surface area contributed by atoms with Crippen LogP contribution in [-0.2, 0) is 11.2 Å². The van der Waals surface area contributed by atoms with Crippen molar-refractivity contribution in [1.29, 1.82) is 0 Å². The highest BCUT2D eigenvalue weighted by Crippen LogP contribution is 2.23. The minimum atomic E-state index is 0.0998. The molecular weight excluding hydrogens is 298 g/mol. The van der Waals surface area contributed by atoms with Crippen molar-refractivity contribution in [1.82, 2.24) is 10.2 Å². The van der Waals surface area contributed by atoms with Crippen molar-refractivity contribution in [3.63, 3.8) is 0 Å². The van der Waals surface area contributed by atoms with Crippen molar-refractivity contribution < 1.29 is 4.79 Å². The van der Waals surface area contributed by atoms with Gasteiger partial charge in [-0.3, -0.25) is 9.69 Å². The summed E-state index contributed by atoms with van der Waals surface area (Å²) in [6.07, 6.45) is 4.91. The van der Waals surface area contributed by atoms with E-state index in [4.69, 9.17) is 5.73 Å². The molecule has 4 heteroatoms. The van der Waals surface area contributed by atoms with Crippen molar-refractivity contribution in [2.45, 2.75) is 58.0 Å². The lowest BCUT2D eigenvalue weighted by atomic mass is 9.85. The lowest BCUT2D eigenvalue weighted by molar-refractivity contribution is -0.126. The van der Waals surface area contributed by atoms with E-state index in [-0.39, 0.29) is 17.9 Å². The molecule has 0 bridgehead atoms. The minimum absolute atomic E-state index is 0.0998. The average Bonchev–Trinajstić information content (AvgIpc) is 2.61. The molecule has 3 atom stereocenters. The van der Waals surface area contributed by atoms with Crippen LogP contribution in [0, 0.1) is 5.92 Å². The molecule has 1 saturated carbocycles. The number of carbonyl (C=O) groups is 1. The molecule has 4 nitrogen and oxygen atoms in total. The highest BCUT2D eigenvalue weighted by atomic mass is 16.1. The molecule has 0 aliphatic heterocycles. The van der Waals surface area contributed by atoms with Crippen LogP contribution in [-0.4, -0.2) is 42.5 Å². The van der Waals surface area contributed by atoms with Gasteiger partial charge < -0.3 is 11.1 Å². The van der Waals surface area contributed by atoms with Crippen LogP contribution in [0.4, 0.5) is 0 Å². The van der Waals surface area contributed by atoms with Gasteiger partial charge in [-0.1, -0.05) is 50.6 Å². The second kappa shape index (κ2) is 9.80. The van der Waals surface area contributed by atoms with Gasteiger partial charge in [-0.25, -0.2) is 0 Å². The number of amides is 1. The second-order valence-electron chi connectivity index (χ2n) is 6.93. The Morgan fingerprint density at radius 1 is 1.25 bits per heavy atom. The van der Waals surface area contributed by atoms with E-state index >= 15 is 0 Å². The van der Waals surface area contributed by atoms with Gasteiger partial charge in [0, 0.05) is 24.5 Å². The van der Waals surface area contributed by atoms with Crippen LogP contribution in [0.15, 0.2) is 30.3 Å². The van der Waals surface area contributed by atoms with Crippen LogP contribution in [0.3, 0.4) is 0 Å². The Hall–Kier alpha value is -1.39. The molecule has 1 amide bonds. The van der Waals surface area contributed by atoms with Gasteiger partial charge in [0.1, 0.15) is 0 Å². The van der Waals surface area contributed by atoms with Gasteiger partial charge in [-0.05, 0) is 44.3 Å². The lowest BCUT2D eigenvalue weighted by Crippen LogP contribution is -2.47. The maximum Gasteiger partial charge on any atom is 0.223 e. The van der Waals surface area contributed by atoms with Crippen LogP contribution in [0.1, 0.15) is 45.1 Å². The molecular formula is C20H33N3O. The number of nitrogens with zero attached hydrogens (tertiary/aromatic N) is 1. The third kappa shape index (κ3) is 5.60. The molecule has 1 fully saturated rings. The maximum atomic E-state index is 12.5. The molecule has 1 aliphatic carbocycles. The predicted molar refractivity (Wildman–Crippen MR) is 99.8 cm³/mol. The fraction of sp³-hybridized carbons (Fsp3) is 0.650. The van der Waals surface area contributed by atoms with E-state index < -0.39 is 0 Å². The van der Waals surface area contributed by atoms with E-state index in [1.807, 2.05) is 6.07 Å². The summed E-state index contributed by atoms with van der Waals surface area (Å²) in [5.74, 6) is 0.290. The first kappa shape index (κ1) is 18.9. The van der Waals surface area contributed by atoms with E-state index in [0.29, 0.717) is 12.6 Å². The molecule has 0 spiro atoms. The third-order valence-electron chi connectivity index (χ3n) is 5.24. The second-order valence-corrected chi connectivity index (χ2v) is 6.93. The van der Waals surface area contributed by atoms with Gasteiger partial charge in [0.2, 0.25) is 5.91 Å². The number of rotatable bonds is 8. The van der Waals surface area contributed by atoms with E-state index in [2.05, 4.69) is 48.3 Å². The summed E-state index contributed by atoms with van der Waals surface area (Å²) in [6, 6.07) is 11.1. The molecule has 3 unspecified atom stereocenters. The van der Waals surface area contributed by atoms with Gasteiger partial charge in [-0.15, -0.1) is 0 Å². The summed E-state index contributed by atoms with van der Waals surface area (Å²) >= 11 is 0. The smallest absolute Gasteiger partial charge is 0.223 e. The highest BCUT2D eigenvalue weighted by molar-refractivity contribution is 5.78. The molecule has 134 valence electrons. The van der Waals surface area contributed by atoms with E-state index in [1.54, 1.807) is 0 Å². The fourth-order valence-corrected chi connectivity index (χ4v) is 3.79. The molecule has 1 aromatic rings. The highest BCUT2D eigenvalue weighted by Gasteiger charge is 2.26. The summed E-state index contributed by atoms with van der Waals surface area (Å²) in [7, 11) is 0. The van der Waals surface area contributed by atoms with Gasteiger partial charge in [0.05, 0.1) is 0 Å².